The number of allylic oxidation sites excluding steroid dienone is 2. The summed E-state index contributed by atoms with van der Waals surface area (Å²) in [6, 6.07) is 5.47. The Hall–Kier alpha value is -2.68. The number of hydrogen-bond acceptors (Lipinski definition) is 4. The van der Waals surface area contributed by atoms with E-state index in [2.05, 4.69) is 4.98 Å². The van der Waals surface area contributed by atoms with Crippen LogP contribution in [0.2, 0.25) is 0 Å². The van der Waals surface area contributed by atoms with Crippen LogP contribution in [0.5, 0.6) is 0 Å². The van der Waals surface area contributed by atoms with Crippen LogP contribution < -0.4 is 5.56 Å². The zero-order valence-electron chi connectivity index (χ0n) is 9.01. The summed E-state index contributed by atoms with van der Waals surface area (Å²) in [6.45, 7) is -0.101. The molecule has 0 aliphatic carbocycles. The summed E-state index contributed by atoms with van der Waals surface area (Å²) in [5.41, 5.74) is -0.181. The van der Waals surface area contributed by atoms with E-state index in [1.54, 1.807) is 6.07 Å². The molecule has 1 aliphatic heterocycles. The summed E-state index contributed by atoms with van der Waals surface area (Å²) in [5, 5.41) is 18.6. The Morgan fingerprint density at radius 2 is 2.28 bits per heavy atom. The Bertz CT molecular complexity index is 814. The largest absolute Gasteiger partial charge is 0.509 e. The number of aliphatic hydroxyl groups excluding tert-OH is 1. The topological polar surface area (TPSA) is 78.9 Å². The van der Waals surface area contributed by atoms with Crippen molar-refractivity contribution in [3.8, 4) is 6.07 Å². The molecule has 0 amide bonds. The van der Waals surface area contributed by atoms with E-state index < -0.39 is 11.4 Å². The Kier molecular flexibility index (Phi) is 1.98. The molecular weight excluding hydrogens is 237 g/mol. The predicted molar refractivity (Wildman–Crippen MR) is 61.1 cm³/mol. The molecule has 18 heavy (non-hydrogen) atoms. The number of fused-ring (bicyclic) bond motifs is 2. The minimum Gasteiger partial charge on any atom is -0.509 e. The van der Waals surface area contributed by atoms with Gasteiger partial charge in [0.25, 0.3) is 5.56 Å². The van der Waals surface area contributed by atoms with Crippen LogP contribution in [0.4, 0.5) is 4.39 Å². The number of halogens is 1. The lowest BCUT2D eigenvalue weighted by molar-refractivity contribution is 0.386. The first-order valence-corrected chi connectivity index (χ1v) is 5.14. The second kappa shape index (κ2) is 3.40. The molecule has 0 unspecified atom stereocenters. The summed E-state index contributed by atoms with van der Waals surface area (Å²) in [7, 11) is 0. The lowest BCUT2D eigenvalue weighted by Gasteiger charge is -2.04. The molecule has 0 radical (unpaired) electrons. The third-order valence-electron chi connectivity index (χ3n) is 2.85. The Labute approximate surface area is 100 Å². The molecule has 3 rings (SSSR count). The molecule has 0 atom stereocenters. The van der Waals surface area contributed by atoms with Crippen molar-refractivity contribution >= 4 is 16.5 Å². The highest BCUT2D eigenvalue weighted by Gasteiger charge is 2.25. The molecular formula is C12H6FN3O2. The molecule has 0 spiro atoms. The van der Waals surface area contributed by atoms with Gasteiger partial charge >= 0.3 is 0 Å². The van der Waals surface area contributed by atoms with Crippen LogP contribution in [0.3, 0.4) is 0 Å². The summed E-state index contributed by atoms with van der Waals surface area (Å²) in [6.07, 6.45) is 0. The van der Waals surface area contributed by atoms with Gasteiger partial charge in [0.1, 0.15) is 23.2 Å². The van der Waals surface area contributed by atoms with E-state index in [9.17, 15) is 14.3 Å². The Morgan fingerprint density at radius 3 is 3.00 bits per heavy atom. The molecule has 5 nitrogen and oxygen atoms in total. The highest BCUT2D eigenvalue weighted by Crippen LogP contribution is 2.23. The Balaban J connectivity index is 2.43. The first kappa shape index (κ1) is 10.5. The standard InChI is InChI=1S/C12H6FN3O2/c13-6-1-2-9-7(3-6)12(18)16-5-10(17)8(4-14)11(16)15-9/h1-3,17H,5H2. The van der Waals surface area contributed by atoms with Crippen molar-refractivity contribution in [1.82, 2.24) is 9.55 Å². The van der Waals surface area contributed by atoms with Gasteiger partial charge in [0.05, 0.1) is 17.4 Å². The van der Waals surface area contributed by atoms with Crippen molar-refractivity contribution < 1.29 is 9.50 Å². The first-order valence-electron chi connectivity index (χ1n) is 5.14. The molecule has 0 saturated carbocycles. The minimum atomic E-state index is -0.530. The molecule has 88 valence electrons. The maximum atomic E-state index is 13.1. The van der Waals surface area contributed by atoms with E-state index in [1.165, 1.54) is 12.1 Å². The third kappa shape index (κ3) is 1.24. The van der Waals surface area contributed by atoms with Gasteiger partial charge < -0.3 is 5.11 Å². The van der Waals surface area contributed by atoms with Crippen LogP contribution in [0.1, 0.15) is 5.82 Å². The van der Waals surface area contributed by atoms with Gasteiger partial charge in [-0.05, 0) is 18.2 Å². The van der Waals surface area contributed by atoms with Gasteiger partial charge in [0, 0.05) is 0 Å². The van der Waals surface area contributed by atoms with Gasteiger partial charge in [-0.3, -0.25) is 9.36 Å². The zero-order valence-corrected chi connectivity index (χ0v) is 9.01. The van der Waals surface area contributed by atoms with E-state index in [4.69, 9.17) is 5.26 Å². The van der Waals surface area contributed by atoms with Gasteiger partial charge in [-0.25, -0.2) is 9.37 Å². The summed E-state index contributed by atoms with van der Waals surface area (Å²) < 4.78 is 14.3. The fourth-order valence-corrected chi connectivity index (χ4v) is 2.00. The van der Waals surface area contributed by atoms with Gasteiger partial charge in [-0.1, -0.05) is 0 Å². The quantitative estimate of drug-likeness (QED) is 0.757. The fourth-order valence-electron chi connectivity index (χ4n) is 2.00. The lowest BCUT2D eigenvalue weighted by Crippen LogP contribution is -2.22. The molecule has 1 aliphatic rings. The van der Waals surface area contributed by atoms with Crippen LogP contribution in [0.25, 0.3) is 16.5 Å². The molecule has 0 saturated heterocycles. The minimum absolute atomic E-state index is 0.0154. The molecule has 1 aromatic heterocycles. The van der Waals surface area contributed by atoms with Gasteiger partial charge in [-0.15, -0.1) is 0 Å². The summed E-state index contributed by atoms with van der Waals surface area (Å²) >= 11 is 0. The Morgan fingerprint density at radius 1 is 1.50 bits per heavy atom. The van der Waals surface area contributed by atoms with Crippen molar-refractivity contribution in [3.05, 3.63) is 46.0 Å². The average Bonchev–Trinajstić information content (AvgIpc) is 2.67. The molecule has 6 heteroatoms. The van der Waals surface area contributed by atoms with E-state index in [0.717, 1.165) is 10.6 Å². The molecule has 2 aromatic rings. The normalized spacial score (nSPS) is 13.8. The number of nitrogens with zero attached hydrogens (tertiary/aromatic N) is 3. The second-order valence-corrected chi connectivity index (χ2v) is 3.92. The number of rotatable bonds is 0. The van der Waals surface area contributed by atoms with E-state index in [0.29, 0.717) is 5.52 Å². The van der Waals surface area contributed by atoms with Crippen LogP contribution in [0.15, 0.2) is 28.8 Å². The molecule has 0 fully saturated rings. The maximum Gasteiger partial charge on any atom is 0.262 e. The van der Waals surface area contributed by atoms with Crippen molar-refractivity contribution in [1.29, 1.82) is 5.26 Å². The number of benzene rings is 1. The highest BCUT2D eigenvalue weighted by molar-refractivity contribution is 5.83. The predicted octanol–water partition coefficient (Wildman–Crippen LogP) is 1.34. The van der Waals surface area contributed by atoms with E-state index >= 15 is 0 Å². The van der Waals surface area contributed by atoms with E-state index in [-0.39, 0.29) is 29.1 Å². The SMILES string of the molecule is N#CC1=C(O)Cn2c1nc1ccc(F)cc1c2=O. The monoisotopic (exact) mass is 243 g/mol. The van der Waals surface area contributed by atoms with Gasteiger partial charge in [-0.2, -0.15) is 5.26 Å². The third-order valence-corrected chi connectivity index (χ3v) is 2.85. The molecule has 1 aromatic carbocycles. The van der Waals surface area contributed by atoms with Crippen molar-refractivity contribution in [2.24, 2.45) is 0 Å². The smallest absolute Gasteiger partial charge is 0.262 e. The zero-order chi connectivity index (χ0) is 12.9. The molecule has 1 N–H and O–H groups in total. The number of aliphatic hydroxyl groups is 1. The number of aromatic nitrogens is 2. The van der Waals surface area contributed by atoms with Crippen molar-refractivity contribution in [2.75, 3.05) is 0 Å². The lowest BCUT2D eigenvalue weighted by atomic mass is 10.2. The van der Waals surface area contributed by atoms with Crippen LogP contribution in [0, 0.1) is 17.1 Å². The second-order valence-electron chi connectivity index (χ2n) is 3.92. The first-order chi connectivity index (χ1) is 8.61. The fraction of sp³-hybridized carbons (Fsp3) is 0.0833. The van der Waals surface area contributed by atoms with Crippen LogP contribution >= 0.6 is 0 Å². The van der Waals surface area contributed by atoms with Crippen molar-refractivity contribution in [2.45, 2.75) is 6.54 Å². The molecule has 0 bridgehead atoms. The highest BCUT2D eigenvalue weighted by atomic mass is 19.1. The number of hydrogen-bond donors (Lipinski definition) is 1. The van der Waals surface area contributed by atoms with Crippen LogP contribution in [-0.4, -0.2) is 14.7 Å². The average molecular weight is 243 g/mol. The van der Waals surface area contributed by atoms with Gasteiger partial charge in [0.2, 0.25) is 0 Å². The molecule has 2 heterocycles. The number of nitriles is 1. The van der Waals surface area contributed by atoms with Gasteiger partial charge in [0.15, 0.2) is 5.82 Å². The van der Waals surface area contributed by atoms with Crippen LogP contribution in [-0.2, 0) is 6.54 Å². The maximum absolute atomic E-state index is 13.1. The summed E-state index contributed by atoms with van der Waals surface area (Å²) in [4.78, 5) is 16.2. The van der Waals surface area contributed by atoms with E-state index in [1.807, 2.05) is 0 Å². The summed E-state index contributed by atoms with van der Waals surface area (Å²) in [5.74, 6) is -0.602. The van der Waals surface area contributed by atoms with Crippen molar-refractivity contribution in [3.63, 3.8) is 0 Å².